The summed E-state index contributed by atoms with van der Waals surface area (Å²) in [6, 6.07) is 15.3. The van der Waals surface area contributed by atoms with E-state index in [9.17, 15) is 9.18 Å². The Morgan fingerprint density at radius 3 is 2.19 bits per heavy atom. The van der Waals surface area contributed by atoms with Gasteiger partial charge < -0.3 is 4.90 Å². The van der Waals surface area contributed by atoms with Crippen LogP contribution in [-0.2, 0) is 6.54 Å². The van der Waals surface area contributed by atoms with Crippen LogP contribution < -0.4 is 0 Å². The zero-order chi connectivity index (χ0) is 17.6. The summed E-state index contributed by atoms with van der Waals surface area (Å²) in [5.74, 6) is -0.500. The number of piperazine rings is 1. The number of benzene rings is 2. The Hall–Kier alpha value is -1.46. The maximum absolute atomic E-state index is 13.9. The third-order valence-electron chi connectivity index (χ3n) is 4.87. The number of hydrogen-bond donors (Lipinski definition) is 0. The molecule has 0 bridgehead atoms. The van der Waals surface area contributed by atoms with E-state index in [-0.39, 0.29) is 36.2 Å². The van der Waals surface area contributed by atoms with Crippen LogP contribution in [0.5, 0.6) is 0 Å². The van der Waals surface area contributed by atoms with E-state index >= 15 is 0 Å². The first kappa shape index (κ1) is 23.6. The van der Waals surface area contributed by atoms with Crippen LogP contribution in [0.25, 0.3) is 0 Å². The van der Waals surface area contributed by atoms with Gasteiger partial charge >= 0.3 is 0 Å². The summed E-state index contributed by atoms with van der Waals surface area (Å²) < 4.78 is 13.9. The molecule has 0 spiro atoms. The number of nitrogens with zero attached hydrogens (tertiary/aromatic N) is 2. The Bertz CT molecular complexity index is 699. The first-order valence-electron chi connectivity index (χ1n) is 8.90. The van der Waals surface area contributed by atoms with E-state index < -0.39 is 5.82 Å². The van der Waals surface area contributed by atoms with Crippen molar-refractivity contribution in [3.8, 4) is 0 Å². The van der Waals surface area contributed by atoms with E-state index in [1.54, 1.807) is 19.1 Å². The van der Waals surface area contributed by atoms with Crippen LogP contribution in [0.2, 0.25) is 0 Å². The molecule has 0 amide bonds. The lowest BCUT2D eigenvalue weighted by Gasteiger charge is -2.34. The van der Waals surface area contributed by atoms with E-state index in [1.807, 2.05) is 6.07 Å². The van der Waals surface area contributed by atoms with Crippen LogP contribution in [-0.4, -0.2) is 48.3 Å². The third kappa shape index (κ3) is 6.58. The number of aryl methyl sites for hydroxylation is 1. The Labute approximate surface area is 173 Å². The molecule has 0 aliphatic carbocycles. The van der Waals surface area contributed by atoms with Gasteiger partial charge in [-0.05, 0) is 24.1 Å². The van der Waals surface area contributed by atoms with Crippen molar-refractivity contribution in [1.82, 2.24) is 9.80 Å². The Morgan fingerprint density at radius 2 is 1.56 bits per heavy atom. The van der Waals surface area contributed by atoms with Crippen molar-refractivity contribution in [3.63, 3.8) is 0 Å². The molecule has 0 N–H and O–H groups in total. The number of rotatable bonds is 6. The second-order valence-corrected chi connectivity index (χ2v) is 6.71. The van der Waals surface area contributed by atoms with Crippen LogP contribution in [0.3, 0.4) is 0 Å². The fourth-order valence-electron chi connectivity index (χ4n) is 3.38. The minimum atomic E-state index is -0.405. The van der Waals surface area contributed by atoms with E-state index in [0.717, 1.165) is 38.3 Å². The molecule has 1 heterocycles. The summed E-state index contributed by atoms with van der Waals surface area (Å²) in [6.07, 6.45) is 0.375. The van der Waals surface area contributed by atoms with Crippen molar-refractivity contribution in [3.05, 3.63) is 71.0 Å². The van der Waals surface area contributed by atoms with Crippen molar-refractivity contribution in [2.75, 3.05) is 32.7 Å². The molecule has 1 aliphatic rings. The average Bonchev–Trinajstić information content (AvgIpc) is 2.62. The van der Waals surface area contributed by atoms with Gasteiger partial charge in [0, 0.05) is 45.7 Å². The van der Waals surface area contributed by atoms with Crippen LogP contribution in [0, 0.1) is 12.7 Å². The average molecular weight is 413 g/mol. The molecule has 0 saturated carbocycles. The highest BCUT2D eigenvalue weighted by Crippen LogP contribution is 2.16. The quantitative estimate of drug-likeness (QED) is 0.658. The molecule has 3 rings (SSSR count). The van der Waals surface area contributed by atoms with Crippen LogP contribution in [0.15, 0.2) is 48.5 Å². The van der Waals surface area contributed by atoms with E-state index in [2.05, 4.69) is 34.1 Å². The van der Waals surface area contributed by atoms with Gasteiger partial charge in [0.1, 0.15) is 5.82 Å². The molecule has 0 aromatic heterocycles. The Kier molecular flexibility index (Phi) is 9.95. The molecule has 1 aliphatic heterocycles. The molecule has 27 heavy (non-hydrogen) atoms. The van der Waals surface area contributed by atoms with Gasteiger partial charge in [-0.3, -0.25) is 9.69 Å². The van der Waals surface area contributed by atoms with Gasteiger partial charge in [0.25, 0.3) is 0 Å². The SMILES string of the molecule is Cc1cccc(F)c1C(=O)CCN1CCN(Cc2ccccc2)CC1.Cl.Cl. The smallest absolute Gasteiger partial charge is 0.167 e. The van der Waals surface area contributed by atoms with Crippen molar-refractivity contribution < 1.29 is 9.18 Å². The summed E-state index contributed by atoms with van der Waals surface area (Å²) in [7, 11) is 0. The van der Waals surface area contributed by atoms with Crippen molar-refractivity contribution >= 4 is 30.6 Å². The van der Waals surface area contributed by atoms with E-state index in [1.165, 1.54) is 11.6 Å². The second kappa shape index (κ2) is 11.4. The van der Waals surface area contributed by atoms with E-state index in [0.29, 0.717) is 13.0 Å². The molecule has 2 aromatic rings. The zero-order valence-electron chi connectivity index (χ0n) is 15.6. The monoisotopic (exact) mass is 412 g/mol. The predicted molar refractivity (Wildman–Crippen MR) is 113 cm³/mol. The Morgan fingerprint density at radius 1 is 0.926 bits per heavy atom. The maximum Gasteiger partial charge on any atom is 0.167 e. The van der Waals surface area contributed by atoms with Gasteiger partial charge in [-0.1, -0.05) is 42.5 Å². The molecule has 3 nitrogen and oxygen atoms in total. The molecule has 1 fully saturated rings. The standard InChI is InChI=1S/C21H25FN2O.2ClH/c1-17-6-5-9-19(22)21(17)20(25)10-11-23-12-14-24(15-13-23)16-18-7-3-2-4-8-18;;/h2-9H,10-16H2,1H3;2*1H. The van der Waals surface area contributed by atoms with Gasteiger partial charge in [0.2, 0.25) is 0 Å². The fourth-order valence-corrected chi connectivity index (χ4v) is 3.38. The number of ketones is 1. The van der Waals surface area contributed by atoms with Crippen molar-refractivity contribution in [1.29, 1.82) is 0 Å². The molecule has 6 heteroatoms. The number of hydrogen-bond acceptors (Lipinski definition) is 3. The molecule has 0 atom stereocenters. The minimum absolute atomic E-state index is 0. The number of carbonyl (C=O) groups is 1. The van der Waals surface area contributed by atoms with Gasteiger partial charge in [0.05, 0.1) is 5.56 Å². The predicted octanol–water partition coefficient (Wildman–Crippen LogP) is 4.37. The summed E-state index contributed by atoms with van der Waals surface area (Å²) in [5.41, 5.74) is 2.31. The molecular formula is C21H27Cl2FN2O. The lowest BCUT2D eigenvalue weighted by atomic mass is 10.0. The minimum Gasteiger partial charge on any atom is -0.300 e. The summed E-state index contributed by atoms with van der Waals surface area (Å²) in [4.78, 5) is 17.1. The van der Waals surface area contributed by atoms with Gasteiger partial charge in [0.15, 0.2) is 5.78 Å². The molecule has 148 valence electrons. The van der Waals surface area contributed by atoms with Gasteiger partial charge in [-0.15, -0.1) is 24.8 Å². The molecule has 0 unspecified atom stereocenters. The molecular weight excluding hydrogens is 386 g/mol. The first-order valence-corrected chi connectivity index (χ1v) is 8.90. The number of carbonyl (C=O) groups excluding carboxylic acids is 1. The third-order valence-corrected chi connectivity index (χ3v) is 4.87. The van der Waals surface area contributed by atoms with E-state index in [4.69, 9.17) is 0 Å². The largest absolute Gasteiger partial charge is 0.300 e. The highest BCUT2D eigenvalue weighted by Gasteiger charge is 2.19. The molecule has 0 radical (unpaired) electrons. The summed E-state index contributed by atoms with van der Waals surface area (Å²) >= 11 is 0. The highest BCUT2D eigenvalue weighted by atomic mass is 35.5. The molecule has 2 aromatic carbocycles. The fraction of sp³-hybridized carbons (Fsp3) is 0.381. The van der Waals surface area contributed by atoms with Gasteiger partial charge in [-0.2, -0.15) is 0 Å². The zero-order valence-corrected chi connectivity index (χ0v) is 17.2. The lowest BCUT2D eigenvalue weighted by molar-refractivity contribution is 0.0918. The van der Waals surface area contributed by atoms with Crippen LogP contribution in [0.4, 0.5) is 4.39 Å². The molecule has 1 saturated heterocycles. The normalized spacial score (nSPS) is 14.9. The number of Topliss-reactive ketones (excluding diaryl/α,β-unsaturated/α-hetero) is 1. The van der Waals surface area contributed by atoms with Crippen LogP contribution >= 0.6 is 24.8 Å². The number of halogens is 3. The highest BCUT2D eigenvalue weighted by molar-refractivity contribution is 5.97. The summed E-state index contributed by atoms with van der Waals surface area (Å²) in [6.45, 7) is 7.38. The van der Waals surface area contributed by atoms with Crippen LogP contribution in [0.1, 0.15) is 27.9 Å². The summed E-state index contributed by atoms with van der Waals surface area (Å²) in [5, 5.41) is 0. The second-order valence-electron chi connectivity index (χ2n) is 6.71. The lowest BCUT2D eigenvalue weighted by Crippen LogP contribution is -2.46. The van der Waals surface area contributed by atoms with Crippen molar-refractivity contribution in [2.24, 2.45) is 0 Å². The first-order chi connectivity index (χ1) is 12.1. The van der Waals surface area contributed by atoms with Crippen molar-refractivity contribution in [2.45, 2.75) is 19.9 Å². The topological polar surface area (TPSA) is 23.6 Å². The van der Waals surface area contributed by atoms with Gasteiger partial charge in [-0.25, -0.2) is 4.39 Å². The maximum atomic E-state index is 13.9. The Balaban J connectivity index is 0.00000182.